The van der Waals surface area contributed by atoms with Crippen LogP contribution in [0, 0.1) is 6.92 Å². The van der Waals surface area contributed by atoms with E-state index in [0.717, 1.165) is 16.3 Å². The first-order chi connectivity index (χ1) is 29.6. The van der Waals surface area contributed by atoms with Gasteiger partial charge in [-0.25, -0.2) is 4.79 Å². The number of carbonyl (C=O) groups excluding carboxylic acids is 1. The van der Waals surface area contributed by atoms with Crippen molar-refractivity contribution >= 4 is 69.8 Å². The van der Waals surface area contributed by atoms with Crippen LogP contribution in [0.5, 0.6) is 5.75 Å². The summed E-state index contributed by atoms with van der Waals surface area (Å²) in [4.78, 5) is 75.8. The molecule has 0 heterocycles. The number of ether oxygens (including phenoxy) is 3. The molecule has 3 aromatic rings. The highest BCUT2D eigenvalue weighted by Gasteiger charge is 2.38. The molecule has 1 aliphatic carbocycles. The standard InChI is InChI=1S/C42H53N5O14S/c1-27-6-9-30-20-33(13-10-29(30)18-27)61-42(58)60-17-16-59-15-14-43-41(62)44-31-11-7-28(8-12-31)19-32(45(22-36(48)49)23-37(50)51)21-46(24-38(52)53)34-4-2-3-5-35(34)47(25-39(54)55)26-40(56)57/h6-13,18,20,32,34-35H,2-5,14-17,19,21-26H2,1H3,(H,48,49)(H,50,51)(H,52,53)(H,54,55)(H,56,57)(H2,43,44,62)/t32-,34+,35+/m0/s1. The van der Waals surface area contributed by atoms with Gasteiger partial charge in [0, 0.05) is 36.9 Å². The van der Waals surface area contributed by atoms with E-state index in [1.807, 2.05) is 31.2 Å². The highest BCUT2D eigenvalue weighted by molar-refractivity contribution is 7.80. The first-order valence-corrected chi connectivity index (χ1v) is 20.3. The minimum Gasteiger partial charge on any atom is -0.480 e. The van der Waals surface area contributed by atoms with Crippen LogP contribution in [0.4, 0.5) is 10.5 Å². The molecule has 1 fully saturated rings. The number of aliphatic carboxylic acids is 5. The van der Waals surface area contributed by atoms with E-state index < -0.39 is 86.9 Å². The number of nitrogens with one attached hydrogen (secondary N) is 2. The third-order valence-corrected chi connectivity index (χ3v) is 10.4. The van der Waals surface area contributed by atoms with E-state index in [0.29, 0.717) is 49.2 Å². The smallest absolute Gasteiger partial charge is 0.480 e. The van der Waals surface area contributed by atoms with Gasteiger partial charge in [0.1, 0.15) is 12.4 Å². The Labute approximate surface area is 363 Å². The van der Waals surface area contributed by atoms with Crippen LogP contribution in [-0.2, 0) is 39.9 Å². The van der Waals surface area contributed by atoms with Crippen LogP contribution in [-0.4, -0.2) is 165 Å². The molecule has 0 aliphatic heterocycles. The largest absolute Gasteiger partial charge is 0.513 e. The number of hydrogen-bond donors (Lipinski definition) is 7. The van der Waals surface area contributed by atoms with E-state index in [2.05, 4.69) is 10.6 Å². The number of hydrogen-bond acceptors (Lipinski definition) is 13. The predicted molar refractivity (Wildman–Crippen MR) is 229 cm³/mol. The van der Waals surface area contributed by atoms with Crippen LogP contribution in [0.1, 0.15) is 36.8 Å². The topological polar surface area (TPSA) is 265 Å². The van der Waals surface area contributed by atoms with Gasteiger partial charge >= 0.3 is 36.0 Å². The fourth-order valence-corrected chi connectivity index (χ4v) is 7.76. The van der Waals surface area contributed by atoms with Crippen LogP contribution in [0.2, 0.25) is 0 Å². The van der Waals surface area contributed by atoms with Gasteiger partial charge in [-0.3, -0.25) is 38.7 Å². The van der Waals surface area contributed by atoms with E-state index in [9.17, 15) is 54.3 Å². The Balaban J connectivity index is 1.32. The Morgan fingerprint density at radius 2 is 1.27 bits per heavy atom. The van der Waals surface area contributed by atoms with Gasteiger partial charge in [-0.15, -0.1) is 0 Å². The molecule has 1 aliphatic rings. The number of carboxylic acids is 5. The van der Waals surface area contributed by atoms with Gasteiger partial charge in [0.2, 0.25) is 0 Å². The lowest BCUT2D eigenvalue weighted by atomic mass is 9.87. The maximum atomic E-state index is 12.2. The lowest BCUT2D eigenvalue weighted by Gasteiger charge is -2.45. The Morgan fingerprint density at radius 1 is 0.710 bits per heavy atom. The normalized spacial score (nSPS) is 15.5. The molecule has 0 aromatic heterocycles. The van der Waals surface area contributed by atoms with Crippen molar-refractivity contribution in [3.63, 3.8) is 0 Å². The van der Waals surface area contributed by atoms with Crippen molar-refractivity contribution in [2.75, 3.05) is 71.0 Å². The van der Waals surface area contributed by atoms with E-state index in [-0.39, 0.29) is 37.9 Å². The number of anilines is 1. The molecule has 336 valence electrons. The minimum atomic E-state index is -1.29. The fourth-order valence-electron chi connectivity index (χ4n) is 7.54. The monoisotopic (exact) mass is 883 g/mol. The van der Waals surface area contributed by atoms with Crippen LogP contribution in [0.3, 0.4) is 0 Å². The molecular formula is C42H53N5O14S. The van der Waals surface area contributed by atoms with E-state index in [4.69, 9.17) is 26.4 Å². The van der Waals surface area contributed by atoms with Crippen molar-refractivity contribution in [1.29, 1.82) is 0 Å². The summed E-state index contributed by atoms with van der Waals surface area (Å²) in [6, 6.07) is 16.1. The molecule has 62 heavy (non-hydrogen) atoms. The Hall–Kier alpha value is -5.93. The molecule has 0 bridgehead atoms. The Kier molecular flexibility index (Phi) is 19.3. The molecule has 7 N–H and O–H groups in total. The number of benzene rings is 3. The molecule has 0 spiro atoms. The van der Waals surface area contributed by atoms with Gasteiger partial charge in [0.05, 0.1) is 45.9 Å². The second-order valence-electron chi connectivity index (χ2n) is 14.9. The summed E-state index contributed by atoms with van der Waals surface area (Å²) >= 11 is 5.40. The Bertz CT molecular complexity index is 2000. The van der Waals surface area contributed by atoms with Crippen LogP contribution in [0.25, 0.3) is 10.8 Å². The molecule has 1 saturated carbocycles. The predicted octanol–water partition coefficient (Wildman–Crippen LogP) is 3.22. The lowest BCUT2D eigenvalue weighted by Crippen LogP contribution is -2.59. The van der Waals surface area contributed by atoms with Crippen molar-refractivity contribution in [3.8, 4) is 5.75 Å². The summed E-state index contributed by atoms with van der Waals surface area (Å²) < 4.78 is 15.9. The number of fused-ring (bicyclic) bond motifs is 1. The van der Waals surface area contributed by atoms with Crippen molar-refractivity contribution < 1.29 is 68.5 Å². The molecule has 0 amide bonds. The molecule has 0 radical (unpaired) electrons. The zero-order valence-electron chi connectivity index (χ0n) is 34.3. The van der Waals surface area contributed by atoms with Crippen molar-refractivity contribution in [1.82, 2.24) is 20.0 Å². The maximum Gasteiger partial charge on any atom is 0.513 e. The van der Waals surface area contributed by atoms with Crippen LogP contribution in [0.15, 0.2) is 60.7 Å². The third kappa shape index (κ3) is 16.8. The number of carboxylic acid groups (broad SMARTS) is 5. The maximum absolute atomic E-state index is 12.2. The molecule has 4 rings (SSSR count). The van der Waals surface area contributed by atoms with Gasteiger partial charge in [-0.05, 0) is 79.0 Å². The highest BCUT2D eigenvalue weighted by atomic mass is 32.1. The van der Waals surface area contributed by atoms with Gasteiger partial charge < -0.3 is 50.4 Å². The summed E-state index contributed by atoms with van der Waals surface area (Å²) in [5.74, 6) is -5.94. The minimum absolute atomic E-state index is 0.0250. The fraction of sp³-hybridized carbons (Fsp3) is 0.452. The van der Waals surface area contributed by atoms with Gasteiger partial charge in [-0.1, -0.05) is 54.8 Å². The number of carbonyl (C=O) groups is 6. The second kappa shape index (κ2) is 24.5. The number of aryl methyl sites for hydroxylation is 1. The van der Waals surface area contributed by atoms with Gasteiger partial charge in [0.25, 0.3) is 0 Å². The summed E-state index contributed by atoms with van der Waals surface area (Å²) in [7, 11) is 0. The molecular weight excluding hydrogens is 831 g/mol. The first-order valence-electron chi connectivity index (χ1n) is 19.9. The molecule has 20 heteroatoms. The van der Waals surface area contributed by atoms with E-state index >= 15 is 0 Å². The quantitative estimate of drug-likeness (QED) is 0.0279. The number of rotatable bonds is 25. The SMILES string of the molecule is Cc1ccc2cc(OC(=O)OCCOCCNC(=S)Nc3ccc(C[C@@H](CN(CC(=O)O)[C@@H]4CCCC[C@H]4N(CC(=O)O)CC(=O)O)N(CC(=O)O)CC(=O)O)cc3)ccc2c1. The zero-order valence-corrected chi connectivity index (χ0v) is 35.1. The summed E-state index contributed by atoms with van der Waals surface area (Å²) in [6.45, 7) is -0.477. The molecule has 0 unspecified atom stereocenters. The Morgan fingerprint density at radius 3 is 1.89 bits per heavy atom. The third-order valence-electron chi connectivity index (χ3n) is 10.1. The molecule has 3 atom stereocenters. The lowest BCUT2D eigenvalue weighted by molar-refractivity contribution is -0.146. The number of thiocarbonyl (C=S) groups is 1. The first kappa shape index (κ1) is 48.7. The second-order valence-corrected chi connectivity index (χ2v) is 15.3. The highest BCUT2D eigenvalue weighted by Crippen LogP contribution is 2.29. The summed E-state index contributed by atoms with van der Waals surface area (Å²) in [5.41, 5.74) is 2.39. The number of nitrogens with zero attached hydrogens (tertiary/aromatic N) is 3. The average molecular weight is 884 g/mol. The summed E-state index contributed by atoms with van der Waals surface area (Å²) in [6.07, 6.45) is 1.38. The molecule has 3 aromatic carbocycles. The molecule has 0 saturated heterocycles. The summed E-state index contributed by atoms with van der Waals surface area (Å²) in [5, 5.41) is 56.9. The average Bonchev–Trinajstić information content (AvgIpc) is 3.19. The van der Waals surface area contributed by atoms with Gasteiger partial charge in [0.15, 0.2) is 5.11 Å². The van der Waals surface area contributed by atoms with Crippen molar-refractivity contribution in [3.05, 3.63) is 71.8 Å². The van der Waals surface area contributed by atoms with Crippen molar-refractivity contribution in [2.24, 2.45) is 0 Å². The van der Waals surface area contributed by atoms with Crippen LogP contribution < -0.4 is 15.4 Å². The van der Waals surface area contributed by atoms with Crippen LogP contribution >= 0.6 is 12.2 Å². The van der Waals surface area contributed by atoms with Crippen molar-refractivity contribution in [2.45, 2.75) is 57.2 Å². The van der Waals surface area contributed by atoms with E-state index in [1.165, 1.54) is 9.80 Å². The zero-order chi connectivity index (χ0) is 45.2. The molecule has 19 nitrogen and oxygen atoms in total. The van der Waals surface area contributed by atoms with E-state index in [1.54, 1.807) is 41.3 Å². The van der Waals surface area contributed by atoms with Gasteiger partial charge in [-0.2, -0.15) is 0 Å².